The first-order valence-corrected chi connectivity index (χ1v) is 6.84. The van der Waals surface area contributed by atoms with Crippen LogP contribution in [0.1, 0.15) is 19.4 Å². The summed E-state index contributed by atoms with van der Waals surface area (Å²) in [5.41, 5.74) is 6.73. The number of nitrogens with two attached hydrogens (primary N) is 1. The molecule has 0 spiro atoms. The molecule has 0 aliphatic rings. The molecule has 1 atom stereocenters. The van der Waals surface area contributed by atoms with Crippen molar-refractivity contribution in [1.29, 1.82) is 0 Å². The second-order valence-corrected chi connectivity index (χ2v) is 4.77. The molecule has 6 heteroatoms. The topological polar surface area (TPSA) is 75.4 Å². The number of rotatable bonds is 7. The van der Waals surface area contributed by atoms with Gasteiger partial charge in [-0.2, -0.15) is 0 Å². The van der Waals surface area contributed by atoms with Crippen molar-refractivity contribution in [3.8, 4) is 0 Å². The van der Waals surface area contributed by atoms with E-state index in [0.717, 1.165) is 6.42 Å². The number of carbonyl (C=O) groups excluding carboxylic acids is 2. The highest BCUT2D eigenvalue weighted by molar-refractivity contribution is 5.86. The molecule has 5 nitrogen and oxygen atoms in total. The van der Waals surface area contributed by atoms with Crippen molar-refractivity contribution in [1.82, 2.24) is 10.2 Å². The fourth-order valence-electron chi connectivity index (χ4n) is 2.04. The maximum Gasteiger partial charge on any atom is 0.244 e. The Morgan fingerprint density at radius 3 is 2.38 bits per heavy atom. The summed E-state index contributed by atoms with van der Waals surface area (Å²) in [5.74, 6) is -0.303. The molecule has 3 N–H and O–H groups in total. The molecule has 1 rings (SSSR count). The van der Waals surface area contributed by atoms with Crippen LogP contribution in [0.5, 0.6) is 0 Å². The molecule has 2 amide bonds. The summed E-state index contributed by atoms with van der Waals surface area (Å²) < 4.78 is 0. The number of benzene rings is 1. The van der Waals surface area contributed by atoms with E-state index in [0.29, 0.717) is 19.6 Å². The van der Waals surface area contributed by atoms with E-state index in [1.165, 1.54) is 12.5 Å². The zero-order valence-electron chi connectivity index (χ0n) is 12.5. The Balaban J connectivity index is 0.00000400. The van der Waals surface area contributed by atoms with Crippen molar-refractivity contribution < 1.29 is 9.59 Å². The zero-order chi connectivity index (χ0) is 15.0. The van der Waals surface area contributed by atoms with E-state index in [2.05, 4.69) is 5.32 Å². The molecule has 0 aliphatic heterocycles. The quantitative estimate of drug-likeness (QED) is 0.787. The second-order valence-electron chi connectivity index (χ2n) is 4.77. The predicted molar refractivity (Wildman–Crippen MR) is 86.3 cm³/mol. The Kier molecular flexibility index (Phi) is 9.41. The van der Waals surface area contributed by atoms with Gasteiger partial charge in [-0.05, 0) is 18.9 Å². The van der Waals surface area contributed by atoms with Gasteiger partial charge >= 0.3 is 0 Å². The second kappa shape index (κ2) is 10.2. The molecule has 118 valence electrons. The first-order valence-electron chi connectivity index (χ1n) is 6.84. The predicted octanol–water partition coefficient (Wildman–Crippen LogP) is 0.963. The Bertz CT molecular complexity index is 440. The number of nitrogens with zero attached hydrogens (tertiary/aromatic N) is 1. The lowest BCUT2D eigenvalue weighted by Crippen LogP contribution is -2.48. The summed E-state index contributed by atoms with van der Waals surface area (Å²) in [7, 11) is 0. The van der Waals surface area contributed by atoms with Gasteiger partial charge in [0, 0.05) is 26.6 Å². The molecule has 0 fully saturated rings. The van der Waals surface area contributed by atoms with Crippen molar-refractivity contribution in [3.63, 3.8) is 0 Å². The normalized spacial score (nSPS) is 11.2. The lowest BCUT2D eigenvalue weighted by Gasteiger charge is -2.25. The lowest BCUT2D eigenvalue weighted by molar-refractivity contribution is -0.135. The first kappa shape index (κ1) is 19.4. The SMILES string of the molecule is CC(=O)NC(C)C(=O)N(CCN)CCc1ccccc1.Cl. The van der Waals surface area contributed by atoms with Crippen LogP contribution in [0.25, 0.3) is 0 Å². The number of hydrogen-bond donors (Lipinski definition) is 2. The number of halogens is 1. The maximum absolute atomic E-state index is 12.2. The van der Waals surface area contributed by atoms with Crippen LogP contribution in [0.4, 0.5) is 0 Å². The molecule has 1 unspecified atom stereocenters. The average molecular weight is 314 g/mol. The molecular weight excluding hydrogens is 290 g/mol. The van der Waals surface area contributed by atoms with Crippen molar-refractivity contribution in [2.75, 3.05) is 19.6 Å². The number of amides is 2. The summed E-state index contributed by atoms with van der Waals surface area (Å²) in [4.78, 5) is 25.0. The van der Waals surface area contributed by atoms with Gasteiger partial charge in [-0.1, -0.05) is 30.3 Å². The molecule has 0 saturated heterocycles. The Labute approximate surface area is 132 Å². The van der Waals surface area contributed by atoms with Crippen LogP contribution < -0.4 is 11.1 Å². The van der Waals surface area contributed by atoms with Gasteiger partial charge in [-0.15, -0.1) is 12.4 Å². The van der Waals surface area contributed by atoms with Crippen molar-refractivity contribution in [2.24, 2.45) is 5.73 Å². The van der Waals surface area contributed by atoms with Gasteiger partial charge in [0.2, 0.25) is 11.8 Å². The highest BCUT2D eigenvalue weighted by atomic mass is 35.5. The Morgan fingerprint density at radius 1 is 1.24 bits per heavy atom. The highest BCUT2D eigenvalue weighted by Gasteiger charge is 2.20. The third-order valence-electron chi connectivity index (χ3n) is 3.01. The summed E-state index contributed by atoms with van der Waals surface area (Å²) in [6.45, 7) is 4.60. The van der Waals surface area contributed by atoms with Gasteiger partial charge in [-0.25, -0.2) is 0 Å². The van der Waals surface area contributed by atoms with Gasteiger partial charge in [0.25, 0.3) is 0 Å². The molecule has 0 saturated carbocycles. The molecule has 21 heavy (non-hydrogen) atoms. The number of nitrogens with one attached hydrogen (secondary N) is 1. The van der Waals surface area contributed by atoms with Crippen molar-refractivity contribution >= 4 is 24.2 Å². The monoisotopic (exact) mass is 313 g/mol. The molecule has 0 radical (unpaired) electrons. The summed E-state index contributed by atoms with van der Waals surface area (Å²) in [5, 5.41) is 2.61. The molecule has 0 aromatic heterocycles. The van der Waals surface area contributed by atoms with Gasteiger partial charge < -0.3 is 16.0 Å². The van der Waals surface area contributed by atoms with Crippen LogP contribution in [-0.2, 0) is 16.0 Å². The third kappa shape index (κ3) is 7.11. The maximum atomic E-state index is 12.2. The minimum absolute atomic E-state index is 0. The van der Waals surface area contributed by atoms with Gasteiger partial charge in [-0.3, -0.25) is 9.59 Å². The standard InChI is InChI=1S/C15H23N3O2.ClH/c1-12(17-13(2)19)15(20)18(11-9-16)10-8-14-6-4-3-5-7-14;/h3-7,12H,8-11,16H2,1-2H3,(H,17,19);1H. The molecule has 0 bridgehead atoms. The largest absolute Gasteiger partial charge is 0.345 e. The van der Waals surface area contributed by atoms with Gasteiger partial charge in [0.15, 0.2) is 0 Å². The van der Waals surface area contributed by atoms with Crippen LogP contribution in [0.15, 0.2) is 30.3 Å². The Hall–Kier alpha value is -1.59. The molecule has 1 aromatic carbocycles. The minimum atomic E-state index is -0.519. The van der Waals surface area contributed by atoms with Crippen LogP contribution in [0.2, 0.25) is 0 Å². The fourth-order valence-corrected chi connectivity index (χ4v) is 2.04. The summed E-state index contributed by atoms with van der Waals surface area (Å²) >= 11 is 0. The van der Waals surface area contributed by atoms with Crippen LogP contribution in [0.3, 0.4) is 0 Å². The smallest absolute Gasteiger partial charge is 0.244 e. The molecule has 1 aromatic rings. The molecular formula is C15H24ClN3O2. The van der Waals surface area contributed by atoms with Crippen molar-refractivity contribution in [2.45, 2.75) is 26.3 Å². The zero-order valence-corrected chi connectivity index (χ0v) is 13.4. The van der Waals surface area contributed by atoms with Crippen LogP contribution in [0, 0.1) is 0 Å². The summed E-state index contributed by atoms with van der Waals surface area (Å²) in [6.07, 6.45) is 0.777. The first-order chi connectivity index (χ1) is 9.54. The number of carbonyl (C=O) groups is 2. The van der Waals surface area contributed by atoms with E-state index in [1.54, 1.807) is 11.8 Å². The van der Waals surface area contributed by atoms with Crippen LogP contribution in [-0.4, -0.2) is 42.4 Å². The van der Waals surface area contributed by atoms with E-state index in [4.69, 9.17) is 5.73 Å². The van der Waals surface area contributed by atoms with Crippen molar-refractivity contribution in [3.05, 3.63) is 35.9 Å². The van der Waals surface area contributed by atoms with Crippen LogP contribution >= 0.6 is 12.4 Å². The van der Waals surface area contributed by atoms with E-state index in [1.807, 2.05) is 30.3 Å². The third-order valence-corrected chi connectivity index (χ3v) is 3.01. The fraction of sp³-hybridized carbons (Fsp3) is 0.467. The number of hydrogen-bond acceptors (Lipinski definition) is 3. The Morgan fingerprint density at radius 2 is 1.86 bits per heavy atom. The van der Waals surface area contributed by atoms with Gasteiger partial charge in [0.05, 0.1) is 0 Å². The van der Waals surface area contributed by atoms with E-state index in [9.17, 15) is 9.59 Å². The van der Waals surface area contributed by atoms with E-state index < -0.39 is 6.04 Å². The highest BCUT2D eigenvalue weighted by Crippen LogP contribution is 2.03. The van der Waals surface area contributed by atoms with E-state index >= 15 is 0 Å². The average Bonchev–Trinajstić information content (AvgIpc) is 2.43. The minimum Gasteiger partial charge on any atom is -0.345 e. The molecule has 0 heterocycles. The van der Waals surface area contributed by atoms with E-state index in [-0.39, 0.29) is 24.2 Å². The molecule has 0 aliphatic carbocycles. The lowest BCUT2D eigenvalue weighted by atomic mass is 10.1. The summed E-state index contributed by atoms with van der Waals surface area (Å²) in [6, 6.07) is 9.46. The van der Waals surface area contributed by atoms with Gasteiger partial charge in [0.1, 0.15) is 6.04 Å².